The fourth-order valence-electron chi connectivity index (χ4n) is 0. The van der Waals surface area contributed by atoms with E-state index in [4.69, 9.17) is 34.8 Å². The summed E-state index contributed by atoms with van der Waals surface area (Å²) in [7, 11) is 0. The van der Waals surface area contributed by atoms with Crippen molar-refractivity contribution in [3.63, 3.8) is 0 Å². The van der Waals surface area contributed by atoms with E-state index in [0.717, 1.165) is 0 Å². The molecule has 0 atom stereocenters. The first-order chi connectivity index (χ1) is 1.73. The van der Waals surface area contributed by atoms with Crippen LogP contribution in [0.1, 0.15) is 0 Å². The van der Waals surface area contributed by atoms with Gasteiger partial charge in [-0.15, -0.1) is 0 Å². The molecule has 0 saturated carbocycles. The summed E-state index contributed by atoms with van der Waals surface area (Å²) in [6.45, 7) is 0. The van der Waals surface area contributed by atoms with Gasteiger partial charge in [0.2, 0.25) is 0 Å². The van der Waals surface area contributed by atoms with Gasteiger partial charge in [0.1, 0.15) is 0 Å². The minimum Gasteiger partial charge on any atom is -0.312 e. The van der Waals surface area contributed by atoms with Gasteiger partial charge in [-0.3, -0.25) is 0 Å². The van der Waals surface area contributed by atoms with Crippen LogP contribution in [0.3, 0.4) is 0 Å². The average Bonchev–Trinajstić information content (AvgIpc) is 0.811. The van der Waals surface area contributed by atoms with Gasteiger partial charge in [0.05, 0.1) is 0 Å². The van der Waals surface area contributed by atoms with Gasteiger partial charge < -0.3 is 34.8 Å². The Morgan fingerprint density at radius 1 is 1.00 bits per heavy atom. The van der Waals surface area contributed by atoms with Gasteiger partial charge in [-0.25, -0.2) is 0 Å². The second-order valence-electron chi connectivity index (χ2n) is 0.214. The Kier molecular flexibility index (Phi) is 10.7. The number of hydrogen-bond acceptors (Lipinski definition) is 0. The minimum atomic E-state index is -0.167. The van der Waals surface area contributed by atoms with E-state index in [9.17, 15) is 0 Å². The second kappa shape index (κ2) is 5.52. The summed E-state index contributed by atoms with van der Waals surface area (Å²) < 4.78 is -0.167. The van der Waals surface area contributed by atoms with Crippen LogP contribution < -0.4 is 0 Å². The summed E-state index contributed by atoms with van der Waals surface area (Å²) in [4.78, 5) is 0. The normalized spacial score (nSPS) is 7.20. The first-order valence-electron chi connectivity index (χ1n) is 0.567. The maximum Gasteiger partial charge on any atom is 0 e. The minimum absolute atomic E-state index is 0. The molecule has 0 aromatic carbocycles. The average molecular weight is 311 g/mol. The van der Waals surface area contributed by atoms with Gasteiger partial charge in [0.25, 0.3) is 0 Å². The zero-order valence-corrected chi connectivity index (χ0v) is 6.63. The molecule has 0 unspecified atom stereocenters. The number of hydrogen-bond donors (Lipinski definition) is 0. The van der Waals surface area contributed by atoms with E-state index in [2.05, 4.69) is 0 Å². The van der Waals surface area contributed by atoms with Gasteiger partial charge >= 0.3 is 0 Å². The molecule has 0 fully saturated rings. The zero-order chi connectivity index (χ0) is 3.58. The van der Waals surface area contributed by atoms with E-state index in [0.29, 0.717) is 0 Å². The van der Waals surface area contributed by atoms with Gasteiger partial charge in [0, 0.05) is 20.1 Å². The monoisotopic (exact) mass is 310 g/mol. The van der Waals surface area contributed by atoms with Crippen LogP contribution in [0.4, 0.5) is 0 Å². The molecule has 0 heterocycles. The van der Waals surface area contributed by atoms with Gasteiger partial charge in [-0.1, -0.05) is 4.30 Å². The molecular weight excluding hydrogens is 311 g/mol. The third kappa shape index (κ3) is 29.6. The molecule has 0 aromatic heterocycles. The maximum absolute atomic E-state index is 4.72. The van der Waals surface area contributed by atoms with Crippen LogP contribution in [0.2, 0.25) is 0 Å². The zero-order valence-electron chi connectivity index (χ0n) is 1.97. The molecular formula is CCl3Ir-. The van der Waals surface area contributed by atoms with Crippen LogP contribution in [-0.2, 0) is 20.1 Å². The van der Waals surface area contributed by atoms with Crippen molar-refractivity contribution < 1.29 is 20.1 Å². The third-order valence-electron chi connectivity index (χ3n) is 0. The van der Waals surface area contributed by atoms with Crippen molar-refractivity contribution in [2.45, 2.75) is 0 Å². The van der Waals surface area contributed by atoms with Crippen LogP contribution >= 0.6 is 34.8 Å². The Morgan fingerprint density at radius 2 is 1.00 bits per heavy atom. The first kappa shape index (κ1) is 9.72. The van der Waals surface area contributed by atoms with Crippen molar-refractivity contribution in [1.82, 2.24) is 0 Å². The van der Waals surface area contributed by atoms with E-state index in [1.165, 1.54) is 0 Å². The molecule has 0 nitrogen and oxygen atoms in total. The molecule has 0 bridgehead atoms. The Labute approximate surface area is 59.1 Å². The smallest absolute Gasteiger partial charge is 0 e. The molecule has 0 aliphatic heterocycles. The van der Waals surface area contributed by atoms with Crippen LogP contribution in [0.5, 0.6) is 0 Å². The van der Waals surface area contributed by atoms with Crippen molar-refractivity contribution in [2.75, 3.05) is 0 Å². The topological polar surface area (TPSA) is 0 Å². The Balaban J connectivity index is 0. The van der Waals surface area contributed by atoms with Crippen LogP contribution in [0.25, 0.3) is 0 Å². The van der Waals surface area contributed by atoms with E-state index < -0.39 is 0 Å². The summed E-state index contributed by atoms with van der Waals surface area (Å²) in [5, 5.41) is 0. The van der Waals surface area contributed by atoms with E-state index in [1.54, 1.807) is 0 Å². The molecule has 0 rings (SSSR count). The Bertz CT molecular complexity index is 11.6. The van der Waals surface area contributed by atoms with E-state index in [-0.39, 0.29) is 24.4 Å². The largest absolute Gasteiger partial charge is 0.312 e. The molecule has 0 N–H and O–H groups in total. The second-order valence-corrected chi connectivity index (χ2v) is 1.93. The van der Waals surface area contributed by atoms with Crippen LogP contribution in [0, 0.1) is 4.30 Å². The molecule has 0 spiro atoms. The van der Waals surface area contributed by atoms with Gasteiger partial charge in [-0.05, 0) is 0 Å². The fourth-order valence-corrected chi connectivity index (χ4v) is 0. The fraction of sp³-hybridized carbons (Fsp3) is 0. The van der Waals surface area contributed by atoms with Crippen LogP contribution in [0.15, 0.2) is 0 Å². The van der Waals surface area contributed by atoms with E-state index in [1.807, 2.05) is 0 Å². The van der Waals surface area contributed by atoms with Gasteiger partial charge in [0.15, 0.2) is 0 Å². The van der Waals surface area contributed by atoms with Crippen molar-refractivity contribution in [3.8, 4) is 0 Å². The molecule has 0 aliphatic rings. The third-order valence-corrected chi connectivity index (χ3v) is 0. The number of rotatable bonds is 0. The standard InChI is InChI=1S/CCl3.Ir/c2-1(3)4;/q-1;. The maximum atomic E-state index is 4.72. The molecule has 5 heavy (non-hydrogen) atoms. The van der Waals surface area contributed by atoms with Gasteiger partial charge in [-0.2, -0.15) is 0 Å². The number of halogens is 3. The molecule has 0 saturated heterocycles. The van der Waals surface area contributed by atoms with Crippen molar-refractivity contribution in [3.05, 3.63) is 4.30 Å². The van der Waals surface area contributed by atoms with Crippen molar-refractivity contribution in [1.29, 1.82) is 0 Å². The summed E-state index contributed by atoms with van der Waals surface area (Å²) in [6, 6.07) is 0. The molecule has 4 heteroatoms. The predicted molar refractivity (Wildman–Crippen MR) is 20.8 cm³/mol. The van der Waals surface area contributed by atoms with E-state index >= 15 is 0 Å². The Hall–Kier alpha value is 1.52. The molecule has 1 radical (unpaired) electrons. The summed E-state index contributed by atoms with van der Waals surface area (Å²) in [5.74, 6) is 0. The summed E-state index contributed by atoms with van der Waals surface area (Å²) in [6.07, 6.45) is 0. The quantitative estimate of drug-likeness (QED) is 0.602. The van der Waals surface area contributed by atoms with Crippen molar-refractivity contribution >= 4 is 34.8 Å². The first-order valence-corrected chi connectivity index (χ1v) is 1.70. The summed E-state index contributed by atoms with van der Waals surface area (Å²) >= 11 is 14.2. The van der Waals surface area contributed by atoms with Crippen LogP contribution in [-0.4, -0.2) is 0 Å². The Morgan fingerprint density at radius 3 is 1.00 bits per heavy atom. The SMILES string of the molecule is Cl[C-](Cl)Cl.[Ir]. The molecule has 0 aromatic rings. The van der Waals surface area contributed by atoms with Crippen molar-refractivity contribution in [2.24, 2.45) is 0 Å². The molecule has 35 valence electrons. The predicted octanol–water partition coefficient (Wildman–Crippen LogP) is 2.15. The summed E-state index contributed by atoms with van der Waals surface area (Å²) in [5.41, 5.74) is 0. The molecule has 0 amide bonds. The molecule has 0 aliphatic carbocycles.